The van der Waals surface area contributed by atoms with Crippen molar-refractivity contribution < 1.29 is 31.1 Å². The van der Waals surface area contributed by atoms with Gasteiger partial charge in [-0.2, -0.15) is 36.5 Å². The van der Waals surface area contributed by atoms with Crippen molar-refractivity contribution in [2.45, 2.75) is 64.5 Å². The van der Waals surface area contributed by atoms with Gasteiger partial charge in [-0.05, 0) is 67.2 Å². The molecule has 2 aromatic heterocycles. The standard InChI is InChI=1S/C23H22BrF6N5O/c1-11-18(12(2)34(32-11)10-14-5-4-6-16(9-14)22(25,26)27)31-21(36)13(3)35-19(15-7-8-15)17(24)20(33-35)23(28,29)30/h4-6,9,13,15H,7-8,10H2,1-3H3,(H,31,36). The third kappa shape index (κ3) is 5.16. The van der Waals surface area contributed by atoms with E-state index in [-0.39, 0.29) is 16.9 Å². The second-order valence-corrected chi connectivity index (χ2v) is 9.62. The minimum absolute atomic E-state index is 0.0366. The van der Waals surface area contributed by atoms with Gasteiger partial charge in [0.1, 0.15) is 6.04 Å². The van der Waals surface area contributed by atoms with Gasteiger partial charge in [0.15, 0.2) is 5.69 Å². The fraction of sp³-hybridized carbons (Fsp3) is 0.435. The summed E-state index contributed by atoms with van der Waals surface area (Å²) in [7, 11) is 0. The fourth-order valence-electron chi connectivity index (χ4n) is 4.02. The number of amides is 1. The lowest BCUT2D eigenvalue weighted by Gasteiger charge is -2.16. The van der Waals surface area contributed by atoms with E-state index in [4.69, 9.17) is 0 Å². The number of aryl methyl sites for hydroxylation is 1. The molecule has 3 aromatic rings. The van der Waals surface area contributed by atoms with E-state index in [1.807, 2.05) is 0 Å². The largest absolute Gasteiger partial charge is 0.436 e. The first-order valence-corrected chi connectivity index (χ1v) is 11.8. The van der Waals surface area contributed by atoms with Crippen LogP contribution in [-0.2, 0) is 23.7 Å². The second kappa shape index (κ2) is 9.24. The third-order valence-corrected chi connectivity index (χ3v) is 6.86. The van der Waals surface area contributed by atoms with Gasteiger partial charge in [-0.15, -0.1) is 0 Å². The molecule has 1 aromatic carbocycles. The van der Waals surface area contributed by atoms with E-state index in [2.05, 4.69) is 31.4 Å². The van der Waals surface area contributed by atoms with Crippen LogP contribution in [0.15, 0.2) is 28.7 Å². The first-order chi connectivity index (χ1) is 16.7. The molecule has 1 unspecified atom stereocenters. The summed E-state index contributed by atoms with van der Waals surface area (Å²) >= 11 is 3.02. The maximum atomic E-state index is 13.4. The van der Waals surface area contributed by atoms with Crippen LogP contribution in [0.4, 0.5) is 32.0 Å². The Labute approximate surface area is 210 Å². The molecule has 1 aliphatic rings. The van der Waals surface area contributed by atoms with Gasteiger partial charge in [0.05, 0.1) is 39.4 Å². The third-order valence-electron chi connectivity index (χ3n) is 6.08. The molecule has 1 N–H and O–H groups in total. The first kappa shape index (κ1) is 26.2. The van der Waals surface area contributed by atoms with E-state index in [0.717, 1.165) is 16.8 Å². The summed E-state index contributed by atoms with van der Waals surface area (Å²) in [5, 5.41) is 10.8. The van der Waals surface area contributed by atoms with Crippen LogP contribution in [0.3, 0.4) is 0 Å². The van der Waals surface area contributed by atoms with E-state index in [0.29, 0.717) is 41.2 Å². The molecule has 194 valence electrons. The van der Waals surface area contributed by atoms with Crippen molar-refractivity contribution >= 4 is 27.5 Å². The number of anilines is 1. The van der Waals surface area contributed by atoms with Gasteiger partial charge in [0.25, 0.3) is 0 Å². The zero-order valence-corrected chi connectivity index (χ0v) is 21.0. The zero-order chi connectivity index (χ0) is 26.6. The predicted octanol–water partition coefficient (Wildman–Crippen LogP) is 6.62. The number of benzene rings is 1. The van der Waals surface area contributed by atoms with Crippen LogP contribution in [0, 0.1) is 13.8 Å². The van der Waals surface area contributed by atoms with Crippen molar-refractivity contribution in [3.63, 3.8) is 0 Å². The van der Waals surface area contributed by atoms with Crippen LogP contribution in [0.25, 0.3) is 0 Å². The Bertz CT molecular complexity index is 1310. The summed E-state index contributed by atoms with van der Waals surface area (Å²) in [6, 6.07) is 3.80. The normalized spacial score (nSPS) is 15.3. The summed E-state index contributed by atoms with van der Waals surface area (Å²) in [6.07, 6.45) is -7.75. The molecule has 0 radical (unpaired) electrons. The number of hydrogen-bond acceptors (Lipinski definition) is 3. The first-order valence-electron chi connectivity index (χ1n) is 11.0. The van der Waals surface area contributed by atoms with Crippen molar-refractivity contribution in [2.75, 3.05) is 5.32 Å². The molecular weight excluding hydrogens is 556 g/mol. The lowest BCUT2D eigenvalue weighted by molar-refractivity contribution is -0.142. The number of hydrogen-bond donors (Lipinski definition) is 1. The van der Waals surface area contributed by atoms with Gasteiger partial charge >= 0.3 is 12.4 Å². The molecule has 4 rings (SSSR count). The van der Waals surface area contributed by atoms with Gasteiger partial charge in [-0.1, -0.05) is 12.1 Å². The predicted molar refractivity (Wildman–Crippen MR) is 122 cm³/mol. The van der Waals surface area contributed by atoms with Crippen LogP contribution in [0.2, 0.25) is 0 Å². The number of nitrogens with one attached hydrogen (secondary N) is 1. The van der Waals surface area contributed by atoms with Gasteiger partial charge < -0.3 is 5.32 Å². The lowest BCUT2D eigenvalue weighted by Crippen LogP contribution is -2.26. The molecule has 1 aliphatic carbocycles. The summed E-state index contributed by atoms with van der Waals surface area (Å²) in [6.45, 7) is 4.76. The molecule has 0 aliphatic heterocycles. The highest BCUT2D eigenvalue weighted by Crippen LogP contribution is 2.47. The summed E-state index contributed by atoms with van der Waals surface area (Å²) < 4.78 is 81.9. The SMILES string of the molecule is Cc1nn(Cc2cccc(C(F)(F)F)c2)c(C)c1NC(=O)C(C)n1nc(C(F)(F)F)c(Br)c1C1CC1. The molecule has 36 heavy (non-hydrogen) atoms. The number of carbonyl (C=O) groups is 1. The minimum Gasteiger partial charge on any atom is -0.321 e. The minimum atomic E-state index is -4.68. The van der Waals surface area contributed by atoms with Crippen LogP contribution >= 0.6 is 15.9 Å². The van der Waals surface area contributed by atoms with Crippen molar-refractivity contribution in [2.24, 2.45) is 0 Å². The topological polar surface area (TPSA) is 64.7 Å². The molecule has 1 amide bonds. The number of rotatable bonds is 6. The van der Waals surface area contributed by atoms with Crippen LogP contribution in [0.5, 0.6) is 0 Å². The van der Waals surface area contributed by atoms with E-state index < -0.39 is 35.6 Å². The summed E-state index contributed by atoms with van der Waals surface area (Å²) in [4.78, 5) is 13.1. The Morgan fingerprint density at radius 2 is 1.81 bits per heavy atom. The van der Waals surface area contributed by atoms with Crippen LogP contribution < -0.4 is 5.32 Å². The number of carbonyl (C=O) groups excluding carboxylic acids is 1. The highest BCUT2D eigenvalue weighted by Gasteiger charge is 2.43. The molecule has 1 saturated carbocycles. The number of aromatic nitrogens is 4. The Morgan fingerprint density at radius 3 is 2.39 bits per heavy atom. The zero-order valence-electron chi connectivity index (χ0n) is 19.4. The van der Waals surface area contributed by atoms with Crippen molar-refractivity contribution in [1.82, 2.24) is 19.6 Å². The Balaban J connectivity index is 1.57. The Morgan fingerprint density at radius 1 is 1.14 bits per heavy atom. The molecule has 0 saturated heterocycles. The summed E-state index contributed by atoms with van der Waals surface area (Å²) in [5.41, 5.74) is 0.0967. The van der Waals surface area contributed by atoms with Gasteiger partial charge in [0.2, 0.25) is 5.91 Å². The van der Waals surface area contributed by atoms with Crippen LogP contribution in [0.1, 0.15) is 65.6 Å². The molecule has 6 nitrogen and oxygen atoms in total. The van der Waals surface area contributed by atoms with Gasteiger partial charge in [-0.3, -0.25) is 14.2 Å². The second-order valence-electron chi connectivity index (χ2n) is 8.83. The Kier molecular flexibility index (Phi) is 6.73. The molecular formula is C23H22BrF6N5O. The molecule has 13 heteroatoms. The molecule has 0 spiro atoms. The number of nitrogens with zero attached hydrogens (tertiary/aromatic N) is 4. The highest BCUT2D eigenvalue weighted by molar-refractivity contribution is 9.10. The molecule has 0 bridgehead atoms. The average molecular weight is 578 g/mol. The summed E-state index contributed by atoms with van der Waals surface area (Å²) in [5.74, 6) is -0.706. The molecule has 1 atom stereocenters. The van der Waals surface area contributed by atoms with Crippen molar-refractivity contribution in [3.8, 4) is 0 Å². The van der Waals surface area contributed by atoms with Gasteiger partial charge in [0, 0.05) is 5.92 Å². The average Bonchev–Trinajstić information content (AvgIpc) is 3.50. The van der Waals surface area contributed by atoms with E-state index in [1.165, 1.54) is 17.7 Å². The van der Waals surface area contributed by atoms with Crippen molar-refractivity contribution in [1.29, 1.82) is 0 Å². The van der Waals surface area contributed by atoms with E-state index in [9.17, 15) is 31.1 Å². The lowest BCUT2D eigenvalue weighted by atomic mass is 10.1. The quantitative estimate of drug-likeness (QED) is 0.335. The fourth-order valence-corrected chi connectivity index (χ4v) is 4.83. The maximum Gasteiger partial charge on any atom is 0.436 e. The van der Waals surface area contributed by atoms with Crippen LogP contribution in [-0.4, -0.2) is 25.5 Å². The Hall–Kier alpha value is -2.83. The van der Waals surface area contributed by atoms with E-state index >= 15 is 0 Å². The maximum absolute atomic E-state index is 13.4. The van der Waals surface area contributed by atoms with Gasteiger partial charge in [-0.25, -0.2) is 0 Å². The van der Waals surface area contributed by atoms with E-state index in [1.54, 1.807) is 19.9 Å². The highest BCUT2D eigenvalue weighted by atomic mass is 79.9. The number of halogens is 7. The smallest absolute Gasteiger partial charge is 0.321 e. The molecule has 1 fully saturated rings. The monoisotopic (exact) mass is 577 g/mol. The molecule has 2 heterocycles. The number of alkyl halides is 6. The van der Waals surface area contributed by atoms with Crippen molar-refractivity contribution in [3.05, 3.63) is 62.6 Å².